The number of aliphatic imine (C=N–C) groups is 1. The van der Waals surface area contributed by atoms with Gasteiger partial charge in [-0.2, -0.15) is 0 Å². The molecule has 440 valence electrons. The Morgan fingerprint density at radius 1 is 0.633 bits per heavy atom. The molecule has 12 atom stereocenters. The Kier molecular flexibility index (Phi) is 29.7. The number of benzene rings is 1. The Morgan fingerprint density at radius 3 is 1.76 bits per heavy atom. The van der Waals surface area contributed by atoms with Crippen LogP contribution in [0.5, 0.6) is 0 Å². The molecule has 0 aliphatic heterocycles. The zero-order valence-electron chi connectivity index (χ0n) is 45.6. The molecule has 1 unspecified atom stereocenters. The van der Waals surface area contributed by atoms with Crippen LogP contribution in [0.3, 0.4) is 0 Å². The number of guanidine groups is 1. The van der Waals surface area contributed by atoms with Gasteiger partial charge in [0.25, 0.3) is 0 Å². The van der Waals surface area contributed by atoms with E-state index < -0.39 is 138 Å². The highest BCUT2D eigenvalue weighted by molar-refractivity contribution is 5.98. The lowest BCUT2D eigenvalue weighted by Crippen LogP contribution is -2.63. The van der Waals surface area contributed by atoms with E-state index in [2.05, 4.69) is 62.8 Å². The normalized spacial score (nSPS) is 15.6. The van der Waals surface area contributed by atoms with E-state index in [9.17, 15) is 63.3 Å². The van der Waals surface area contributed by atoms with Gasteiger partial charge < -0.3 is 91.1 Å². The first-order valence-corrected chi connectivity index (χ1v) is 26.1. The summed E-state index contributed by atoms with van der Waals surface area (Å²) in [5, 5.41) is 53.2. The van der Waals surface area contributed by atoms with Crippen molar-refractivity contribution in [3.63, 3.8) is 0 Å². The maximum Gasteiger partial charge on any atom is 0.326 e. The predicted octanol–water partition coefficient (Wildman–Crippen LogP) is -4.98. The van der Waals surface area contributed by atoms with Crippen LogP contribution >= 0.6 is 0 Å². The van der Waals surface area contributed by atoms with Crippen LogP contribution in [0.4, 0.5) is 0 Å². The molecular formula is C50H82N16O13. The molecule has 29 heteroatoms. The zero-order chi connectivity index (χ0) is 59.4. The molecule has 29 nitrogen and oxygen atoms in total. The van der Waals surface area contributed by atoms with Crippen molar-refractivity contribution in [1.82, 2.24) is 57.8 Å². The first kappa shape index (κ1) is 67.3. The van der Waals surface area contributed by atoms with E-state index in [-0.39, 0.29) is 57.6 Å². The molecule has 0 radical (unpaired) electrons. The Labute approximate surface area is 458 Å². The molecule has 2 aromatic rings. The van der Waals surface area contributed by atoms with Crippen LogP contribution in [-0.2, 0) is 60.8 Å². The van der Waals surface area contributed by atoms with E-state index in [0.29, 0.717) is 30.5 Å². The summed E-state index contributed by atoms with van der Waals surface area (Å²) in [4.78, 5) is 145. The topological polar surface area (TPSA) is 485 Å². The Hall–Kier alpha value is -7.76. The number of rotatable bonds is 36. The average molecular weight is 1120 g/mol. The highest BCUT2D eigenvalue weighted by atomic mass is 16.4. The number of carbonyl (C=O) groups is 10. The number of carboxylic acids is 1. The average Bonchev–Trinajstić information content (AvgIpc) is 3.92. The van der Waals surface area contributed by atoms with Crippen LogP contribution in [0, 0.1) is 5.92 Å². The maximum atomic E-state index is 14.2. The molecule has 1 heterocycles. The Balaban J connectivity index is 2.27. The third-order valence-electron chi connectivity index (χ3n) is 12.5. The number of amides is 9. The van der Waals surface area contributed by atoms with Crippen LogP contribution in [0.2, 0.25) is 0 Å². The number of aliphatic hydroxyl groups excluding tert-OH is 2. The quantitative estimate of drug-likeness (QED) is 0.0173. The van der Waals surface area contributed by atoms with E-state index in [1.54, 1.807) is 51.1 Å². The first-order chi connectivity index (χ1) is 37.3. The molecular weight excluding hydrogens is 1030 g/mol. The molecule has 0 saturated heterocycles. The fraction of sp³-hybridized carbons (Fsp3) is 0.600. The van der Waals surface area contributed by atoms with Crippen molar-refractivity contribution >= 4 is 65.1 Å². The molecule has 0 saturated carbocycles. The summed E-state index contributed by atoms with van der Waals surface area (Å²) in [5.74, 6) is -9.86. The van der Waals surface area contributed by atoms with Gasteiger partial charge in [-0.25, -0.2) is 9.78 Å². The van der Waals surface area contributed by atoms with E-state index in [1.165, 1.54) is 19.4 Å². The number of imidazole rings is 1. The Morgan fingerprint density at radius 2 is 1.19 bits per heavy atom. The van der Waals surface area contributed by atoms with Gasteiger partial charge in [-0.15, -0.1) is 0 Å². The van der Waals surface area contributed by atoms with Crippen molar-refractivity contribution in [2.75, 3.05) is 19.6 Å². The number of aliphatic carboxylic acids is 1. The standard InChI is InChI=1S/C50H82N16O13/c1-7-14-34(49(78)79)61-47(76)38(26(3)8-2)64-43(72)33(18-12-19-51)60-37(69)24-57-46(75)39(28(5)67)66-48(77)40(29(6)68)65-45(74)36(22-31-23-55-25-58-31)63-44(73)35(21-30-15-10-9-11-16-30)62-41(70)27(4)59-42(71)32(52)17-13-20-56-50(53)54/h9-11,15-16,23,25-29,32-36,38-40,67-68H,7-8,12-14,17-22,24,51-52H2,1-6H3,(H,55,58)(H,57,75)(H,59,71)(H,60,69)(H,61,76)(H,62,70)(H,63,73)(H,64,72)(H,65,74)(H,66,77)(H,78,79)(H4,53,54,56)/t26?,27-,28+,29+,32-,33-,34-,35+,36-,38-,39-,40-/m0/s1. The van der Waals surface area contributed by atoms with Crippen LogP contribution in [0.1, 0.15) is 97.7 Å². The number of H-pyrrole nitrogens is 1. The van der Waals surface area contributed by atoms with Crippen molar-refractivity contribution in [2.24, 2.45) is 33.8 Å². The van der Waals surface area contributed by atoms with Crippen LogP contribution in [-0.4, -0.2) is 177 Å². The van der Waals surface area contributed by atoms with Crippen molar-refractivity contribution in [1.29, 1.82) is 0 Å². The number of aliphatic hydroxyl groups is 2. The monoisotopic (exact) mass is 1110 g/mol. The van der Waals surface area contributed by atoms with E-state index >= 15 is 0 Å². The van der Waals surface area contributed by atoms with E-state index in [1.807, 2.05) is 0 Å². The van der Waals surface area contributed by atoms with E-state index in [4.69, 9.17) is 22.9 Å². The van der Waals surface area contributed by atoms with Crippen LogP contribution in [0.25, 0.3) is 0 Å². The molecule has 0 aliphatic carbocycles. The van der Waals surface area contributed by atoms with E-state index in [0.717, 1.165) is 13.8 Å². The van der Waals surface area contributed by atoms with Gasteiger partial charge in [0.15, 0.2) is 5.96 Å². The van der Waals surface area contributed by atoms with Crippen molar-refractivity contribution in [3.8, 4) is 0 Å². The number of hydrogen-bond donors (Lipinski definition) is 17. The molecule has 0 aliphatic rings. The molecule has 9 amide bonds. The summed E-state index contributed by atoms with van der Waals surface area (Å²) < 4.78 is 0. The summed E-state index contributed by atoms with van der Waals surface area (Å²) in [5.41, 5.74) is 23.3. The van der Waals surface area contributed by atoms with Gasteiger partial charge >= 0.3 is 5.97 Å². The van der Waals surface area contributed by atoms with Crippen LogP contribution < -0.4 is 70.8 Å². The maximum absolute atomic E-state index is 14.2. The minimum atomic E-state index is -1.84. The van der Waals surface area contributed by atoms with Crippen LogP contribution in [0.15, 0.2) is 47.8 Å². The summed E-state index contributed by atoms with van der Waals surface area (Å²) >= 11 is 0. The number of carboxylic acid groups (broad SMARTS) is 1. The van der Waals surface area contributed by atoms with Gasteiger partial charge in [0.1, 0.15) is 48.3 Å². The molecule has 1 aromatic heterocycles. The number of hydrogen-bond acceptors (Lipinski definition) is 16. The number of nitrogens with one attached hydrogen (secondary N) is 10. The fourth-order valence-corrected chi connectivity index (χ4v) is 7.67. The van der Waals surface area contributed by atoms with Gasteiger partial charge in [-0.1, -0.05) is 63.9 Å². The van der Waals surface area contributed by atoms with Gasteiger partial charge in [0.05, 0.1) is 31.1 Å². The zero-order valence-corrected chi connectivity index (χ0v) is 45.6. The van der Waals surface area contributed by atoms with Gasteiger partial charge in [0, 0.05) is 31.3 Å². The van der Waals surface area contributed by atoms with Gasteiger partial charge in [0.2, 0.25) is 53.2 Å². The summed E-state index contributed by atoms with van der Waals surface area (Å²) in [6, 6.07) is -3.83. The van der Waals surface area contributed by atoms with Gasteiger partial charge in [-0.05, 0) is 70.9 Å². The highest BCUT2D eigenvalue weighted by Crippen LogP contribution is 2.12. The van der Waals surface area contributed by atoms with Crippen molar-refractivity contribution < 1.29 is 63.3 Å². The second-order valence-corrected chi connectivity index (χ2v) is 19.2. The minimum absolute atomic E-state index is 0.00233. The smallest absolute Gasteiger partial charge is 0.326 e. The van der Waals surface area contributed by atoms with Crippen molar-refractivity contribution in [3.05, 3.63) is 54.1 Å². The number of aromatic nitrogens is 2. The third-order valence-corrected chi connectivity index (χ3v) is 12.5. The van der Waals surface area contributed by atoms with Crippen molar-refractivity contribution in [2.45, 2.75) is 166 Å². The lowest BCUT2D eigenvalue weighted by Gasteiger charge is -2.28. The lowest BCUT2D eigenvalue weighted by atomic mass is 9.97. The second kappa shape index (κ2) is 34.9. The Bertz CT molecular complexity index is 2340. The number of carbonyl (C=O) groups excluding carboxylic acids is 9. The molecule has 79 heavy (non-hydrogen) atoms. The molecule has 2 rings (SSSR count). The molecule has 0 spiro atoms. The summed E-state index contributed by atoms with van der Waals surface area (Å²) in [6.45, 7) is 8.42. The number of nitrogens with zero attached hydrogens (tertiary/aromatic N) is 2. The fourth-order valence-electron chi connectivity index (χ4n) is 7.67. The lowest BCUT2D eigenvalue weighted by molar-refractivity contribution is -0.143. The van der Waals surface area contributed by atoms with Gasteiger partial charge in [-0.3, -0.25) is 48.1 Å². The SMILES string of the molecule is CCC[C@H](NC(=O)[C@@H](NC(=O)[C@H](CCCN)NC(=O)CNC(=O)[C@@H](NC(=O)[C@@H](NC(=O)[C@H](Cc1cnc[nH]1)NC(=O)[C@@H](Cc1ccccc1)NC(=O)[C@H](C)NC(=O)[C@@H](N)CCCN=C(N)N)[C@@H](C)O)[C@@H](C)O)C(C)CC)C(=O)O. The molecule has 0 fully saturated rings. The number of nitrogens with two attached hydrogens (primary N) is 4. The molecule has 0 bridgehead atoms. The number of aromatic amines is 1. The minimum Gasteiger partial charge on any atom is -0.480 e. The highest BCUT2D eigenvalue weighted by Gasteiger charge is 2.37. The first-order valence-electron chi connectivity index (χ1n) is 26.1. The summed E-state index contributed by atoms with van der Waals surface area (Å²) in [7, 11) is 0. The molecule has 1 aromatic carbocycles. The second-order valence-electron chi connectivity index (χ2n) is 19.2. The third kappa shape index (κ3) is 24.2. The summed E-state index contributed by atoms with van der Waals surface area (Å²) in [6.07, 6.45) is 0.851. The predicted molar refractivity (Wildman–Crippen MR) is 288 cm³/mol. The largest absolute Gasteiger partial charge is 0.480 e. The molecule has 21 N–H and O–H groups in total.